The van der Waals surface area contributed by atoms with E-state index in [2.05, 4.69) is 23.9 Å². The summed E-state index contributed by atoms with van der Waals surface area (Å²) in [7, 11) is 0. The second-order valence-electron chi connectivity index (χ2n) is 9.47. The standard InChI is InChI=1S/C27H37NO4S/c1-7-27(6)24(29)16-25(30)32-23(19(3)15-22-17-33-21(5)28-22)13-11-9-8-10-12-18(2)14-20(4)26(27)31/h1,9,11,15,17-18,20,23-24,29H,8,10,12-14,16H2,2-6H3/b11-9-,19-15+/t18-,20+,23-,24-,27-/m0/s1. The van der Waals surface area contributed by atoms with Crippen LogP contribution in [0.15, 0.2) is 23.1 Å². The maximum Gasteiger partial charge on any atom is 0.309 e. The molecule has 1 aliphatic heterocycles. The zero-order valence-corrected chi connectivity index (χ0v) is 21.3. The molecule has 0 saturated carbocycles. The minimum absolute atomic E-state index is 0.198. The lowest BCUT2D eigenvalue weighted by Gasteiger charge is -2.31. The number of Topliss-reactive ketones (excluding diaryl/α,β-unsaturated/α-hetero) is 1. The second kappa shape index (κ2) is 12.3. The van der Waals surface area contributed by atoms with Crippen molar-refractivity contribution in [3.63, 3.8) is 0 Å². The number of aliphatic hydroxyl groups excluding tert-OH is 1. The minimum atomic E-state index is -1.44. The van der Waals surface area contributed by atoms with Gasteiger partial charge in [-0.25, -0.2) is 4.98 Å². The predicted octanol–water partition coefficient (Wildman–Crippen LogP) is 5.52. The molecule has 1 aliphatic rings. The Morgan fingerprint density at radius 2 is 2.09 bits per heavy atom. The summed E-state index contributed by atoms with van der Waals surface area (Å²) in [5.74, 6) is 1.78. The van der Waals surface area contributed by atoms with Crippen LogP contribution < -0.4 is 0 Å². The normalized spacial score (nSPS) is 32.1. The van der Waals surface area contributed by atoms with E-state index in [-0.39, 0.29) is 18.1 Å². The molecule has 1 N–H and O–H groups in total. The van der Waals surface area contributed by atoms with Crippen LogP contribution in [0.3, 0.4) is 0 Å². The Morgan fingerprint density at radius 1 is 1.36 bits per heavy atom. The van der Waals surface area contributed by atoms with Gasteiger partial charge in [0.05, 0.1) is 23.2 Å². The summed E-state index contributed by atoms with van der Waals surface area (Å²) in [6.07, 6.45) is 13.9. The van der Waals surface area contributed by atoms with E-state index in [0.717, 1.165) is 35.5 Å². The van der Waals surface area contributed by atoms with E-state index >= 15 is 0 Å². The fourth-order valence-electron chi connectivity index (χ4n) is 4.26. The van der Waals surface area contributed by atoms with Crippen molar-refractivity contribution in [3.8, 4) is 12.3 Å². The first-order chi connectivity index (χ1) is 15.6. The van der Waals surface area contributed by atoms with E-state index in [9.17, 15) is 14.7 Å². The number of aryl methyl sites for hydroxylation is 1. The van der Waals surface area contributed by atoms with Gasteiger partial charge in [-0.15, -0.1) is 17.8 Å². The van der Waals surface area contributed by atoms with Gasteiger partial charge < -0.3 is 9.84 Å². The van der Waals surface area contributed by atoms with E-state index in [0.29, 0.717) is 18.8 Å². The first-order valence-electron chi connectivity index (χ1n) is 11.7. The lowest BCUT2D eigenvalue weighted by Crippen LogP contribution is -2.43. The fourth-order valence-corrected chi connectivity index (χ4v) is 4.83. The minimum Gasteiger partial charge on any atom is -0.457 e. The highest BCUT2D eigenvalue weighted by Crippen LogP contribution is 2.32. The molecule has 0 unspecified atom stereocenters. The number of allylic oxidation sites excluding steroid dienone is 1. The van der Waals surface area contributed by atoms with Crippen LogP contribution in [0.1, 0.15) is 76.9 Å². The summed E-state index contributed by atoms with van der Waals surface area (Å²) in [4.78, 5) is 30.4. The summed E-state index contributed by atoms with van der Waals surface area (Å²) < 4.78 is 5.76. The number of terminal acetylenes is 1. The number of cyclic esters (lactones) is 1. The average Bonchev–Trinajstić information content (AvgIpc) is 3.17. The Morgan fingerprint density at radius 3 is 2.73 bits per heavy atom. The molecule has 5 nitrogen and oxygen atoms in total. The molecule has 5 atom stereocenters. The molecule has 1 aromatic rings. The van der Waals surface area contributed by atoms with E-state index in [1.807, 2.05) is 38.3 Å². The third-order valence-electron chi connectivity index (χ3n) is 6.42. The van der Waals surface area contributed by atoms with Crippen molar-refractivity contribution in [1.29, 1.82) is 0 Å². The number of ether oxygens (including phenoxy) is 1. The van der Waals surface area contributed by atoms with Gasteiger partial charge in [0.1, 0.15) is 11.5 Å². The molecule has 33 heavy (non-hydrogen) atoms. The Bertz CT molecular complexity index is 925. The van der Waals surface area contributed by atoms with Crippen molar-refractivity contribution in [3.05, 3.63) is 33.8 Å². The number of ketones is 1. The first-order valence-corrected chi connectivity index (χ1v) is 12.6. The highest BCUT2D eigenvalue weighted by molar-refractivity contribution is 7.09. The van der Waals surface area contributed by atoms with Gasteiger partial charge in [-0.2, -0.15) is 0 Å². The van der Waals surface area contributed by atoms with E-state index < -0.39 is 23.6 Å². The van der Waals surface area contributed by atoms with Crippen LogP contribution in [0.25, 0.3) is 6.08 Å². The number of carbonyl (C=O) groups excluding carboxylic acids is 2. The smallest absolute Gasteiger partial charge is 0.309 e. The van der Waals surface area contributed by atoms with Crippen LogP contribution >= 0.6 is 11.3 Å². The molecule has 2 rings (SSSR count). The second-order valence-corrected chi connectivity index (χ2v) is 10.5. The van der Waals surface area contributed by atoms with Gasteiger partial charge in [0.25, 0.3) is 0 Å². The maximum absolute atomic E-state index is 13.2. The number of aromatic nitrogens is 1. The molecule has 0 aliphatic carbocycles. The van der Waals surface area contributed by atoms with E-state index in [4.69, 9.17) is 11.2 Å². The first kappa shape index (κ1) is 27.0. The van der Waals surface area contributed by atoms with Crippen molar-refractivity contribution in [2.45, 2.75) is 85.4 Å². The summed E-state index contributed by atoms with van der Waals surface area (Å²) in [6, 6.07) is 0. The van der Waals surface area contributed by atoms with Crippen LogP contribution in [0, 0.1) is 36.5 Å². The van der Waals surface area contributed by atoms with Gasteiger partial charge in [-0.05, 0) is 57.6 Å². The Kier molecular flexibility index (Phi) is 10.1. The fraction of sp³-hybridized carbons (Fsp3) is 0.593. The Balaban J connectivity index is 2.29. The number of thiazole rings is 1. The van der Waals surface area contributed by atoms with Gasteiger partial charge >= 0.3 is 5.97 Å². The lowest BCUT2D eigenvalue weighted by molar-refractivity contribution is -0.152. The van der Waals surface area contributed by atoms with Crippen molar-refractivity contribution in [1.82, 2.24) is 4.98 Å². The van der Waals surface area contributed by atoms with Gasteiger partial charge in [0.2, 0.25) is 0 Å². The van der Waals surface area contributed by atoms with Crippen LogP contribution in [0.5, 0.6) is 0 Å². The van der Waals surface area contributed by atoms with Crippen molar-refractivity contribution in [2.24, 2.45) is 17.3 Å². The zero-order chi connectivity index (χ0) is 24.6. The molecule has 0 fully saturated rings. The van der Waals surface area contributed by atoms with Crippen molar-refractivity contribution >= 4 is 29.2 Å². The zero-order valence-electron chi connectivity index (χ0n) is 20.5. The number of carbonyl (C=O) groups is 2. The number of hydrogen-bond donors (Lipinski definition) is 1. The summed E-state index contributed by atoms with van der Waals surface area (Å²) in [5, 5.41) is 13.8. The molecule has 0 spiro atoms. The van der Waals surface area contributed by atoms with Gasteiger partial charge in [-0.3, -0.25) is 9.59 Å². The quantitative estimate of drug-likeness (QED) is 0.349. The monoisotopic (exact) mass is 471 g/mol. The van der Waals surface area contributed by atoms with Crippen LogP contribution in [0.4, 0.5) is 0 Å². The molecule has 0 aromatic carbocycles. The molecule has 0 amide bonds. The third kappa shape index (κ3) is 7.65. The molecule has 6 heteroatoms. The van der Waals surface area contributed by atoms with Gasteiger partial charge in [0.15, 0.2) is 5.78 Å². The summed E-state index contributed by atoms with van der Waals surface area (Å²) >= 11 is 1.56. The molecule has 180 valence electrons. The summed E-state index contributed by atoms with van der Waals surface area (Å²) in [5.41, 5.74) is 0.260. The van der Waals surface area contributed by atoms with Gasteiger partial charge in [0, 0.05) is 17.7 Å². The molecule has 0 radical (unpaired) electrons. The number of aliphatic hydroxyl groups is 1. The lowest BCUT2D eigenvalue weighted by atomic mass is 9.73. The van der Waals surface area contributed by atoms with E-state index in [1.165, 1.54) is 0 Å². The van der Waals surface area contributed by atoms with E-state index in [1.54, 1.807) is 18.3 Å². The van der Waals surface area contributed by atoms with Crippen LogP contribution in [-0.4, -0.2) is 34.1 Å². The topological polar surface area (TPSA) is 76.5 Å². The van der Waals surface area contributed by atoms with Crippen LogP contribution in [0.2, 0.25) is 0 Å². The number of rotatable bonds is 2. The van der Waals surface area contributed by atoms with Crippen molar-refractivity contribution < 1.29 is 19.4 Å². The average molecular weight is 472 g/mol. The Hall–Kier alpha value is -2.23. The van der Waals surface area contributed by atoms with Crippen molar-refractivity contribution in [2.75, 3.05) is 0 Å². The largest absolute Gasteiger partial charge is 0.457 e. The summed E-state index contributed by atoms with van der Waals surface area (Å²) in [6.45, 7) is 9.40. The predicted molar refractivity (Wildman–Crippen MR) is 134 cm³/mol. The Labute approximate surface area is 202 Å². The molecule has 0 bridgehead atoms. The highest BCUT2D eigenvalue weighted by atomic mass is 32.1. The highest BCUT2D eigenvalue weighted by Gasteiger charge is 2.42. The van der Waals surface area contributed by atoms with Crippen LogP contribution in [-0.2, 0) is 14.3 Å². The van der Waals surface area contributed by atoms with Gasteiger partial charge in [-0.1, -0.05) is 38.3 Å². The number of nitrogens with zero attached hydrogens (tertiary/aromatic N) is 1. The molecule has 0 saturated heterocycles. The number of hydrogen-bond acceptors (Lipinski definition) is 6. The molecule has 2 heterocycles. The molecular formula is C27H37NO4S. The molecular weight excluding hydrogens is 434 g/mol. The maximum atomic E-state index is 13.2. The SMILES string of the molecule is C#C[C@]1(C)C(=O)[C@H](C)C[C@@H](C)CCC/C=C\C[C@@H](/C(C)=C/c2csc(C)n2)OC(=O)C[C@@H]1O. The number of esters is 1. The molecule has 1 aromatic heterocycles. The third-order valence-corrected chi connectivity index (χ3v) is 7.21.